The molecular weight excluding hydrogens is 277 g/mol. The minimum absolute atomic E-state index is 0.238. The van der Waals surface area contributed by atoms with Gasteiger partial charge >= 0.3 is 0 Å². The maximum Gasteiger partial charge on any atom is 0.0454 e. The Labute approximate surface area is 127 Å². The van der Waals surface area contributed by atoms with Gasteiger partial charge in [-0.3, -0.25) is 0 Å². The van der Waals surface area contributed by atoms with Crippen LogP contribution in [-0.2, 0) is 0 Å². The van der Waals surface area contributed by atoms with Crippen molar-refractivity contribution in [1.82, 2.24) is 5.32 Å². The van der Waals surface area contributed by atoms with Crippen molar-refractivity contribution in [1.29, 1.82) is 0 Å². The maximum atomic E-state index is 6.23. The second-order valence-corrected chi connectivity index (χ2v) is 6.06. The second-order valence-electron chi connectivity index (χ2n) is 5.21. The minimum atomic E-state index is 0.238. The molecule has 0 spiro atoms. The molecule has 2 atom stereocenters. The van der Waals surface area contributed by atoms with E-state index in [4.69, 9.17) is 23.2 Å². The van der Waals surface area contributed by atoms with Crippen LogP contribution < -0.4 is 5.32 Å². The molecule has 0 saturated carbocycles. The highest BCUT2D eigenvalue weighted by Crippen LogP contribution is 2.26. The van der Waals surface area contributed by atoms with E-state index in [-0.39, 0.29) is 6.04 Å². The van der Waals surface area contributed by atoms with Gasteiger partial charge in [-0.2, -0.15) is 0 Å². The Morgan fingerprint density at radius 2 is 1.95 bits per heavy atom. The molecule has 1 rings (SSSR count). The molecule has 1 aromatic rings. The van der Waals surface area contributed by atoms with E-state index in [0.29, 0.717) is 0 Å². The highest BCUT2D eigenvalue weighted by Gasteiger charge is 2.12. The molecule has 0 radical (unpaired) electrons. The van der Waals surface area contributed by atoms with E-state index < -0.39 is 0 Å². The molecule has 0 fully saturated rings. The Bertz CT molecular complexity index is 379. The number of hydrogen-bond donors (Lipinski definition) is 1. The van der Waals surface area contributed by atoms with Gasteiger partial charge < -0.3 is 5.32 Å². The lowest BCUT2D eigenvalue weighted by Gasteiger charge is -2.20. The van der Waals surface area contributed by atoms with Crippen molar-refractivity contribution in [2.45, 2.75) is 52.5 Å². The Morgan fingerprint density at radius 1 is 1.21 bits per heavy atom. The van der Waals surface area contributed by atoms with Gasteiger partial charge in [-0.1, -0.05) is 56.3 Å². The standard InChI is InChI=1S/C16H25Cl2N/c1-4-6-7-13(5-2)11-19-12(3)15-10-14(17)8-9-16(15)18/h8-10,12-13,19H,4-7,11H2,1-3H3. The summed E-state index contributed by atoms with van der Waals surface area (Å²) < 4.78 is 0. The number of hydrogen-bond acceptors (Lipinski definition) is 1. The van der Waals surface area contributed by atoms with Gasteiger partial charge in [0, 0.05) is 16.1 Å². The van der Waals surface area contributed by atoms with E-state index in [0.717, 1.165) is 28.1 Å². The highest BCUT2D eigenvalue weighted by molar-refractivity contribution is 6.33. The zero-order chi connectivity index (χ0) is 14.3. The van der Waals surface area contributed by atoms with Gasteiger partial charge in [-0.25, -0.2) is 0 Å². The summed E-state index contributed by atoms with van der Waals surface area (Å²) in [6.45, 7) is 7.69. The third kappa shape index (κ3) is 5.72. The van der Waals surface area contributed by atoms with Crippen LogP contribution in [0.3, 0.4) is 0 Å². The summed E-state index contributed by atoms with van der Waals surface area (Å²) in [4.78, 5) is 0. The first-order valence-corrected chi connectivity index (χ1v) is 8.02. The fraction of sp³-hybridized carbons (Fsp3) is 0.625. The molecule has 1 aromatic carbocycles. The van der Waals surface area contributed by atoms with Gasteiger partial charge in [0.2, 0.25) is 0 Å². The predicted molar refractivity (Wildman–Crippen MR) is 86.2 cm³/mol. The lowest BCUT2D eigenvalue weighted by atomic mass is 9.98. The Balaban J connectivity index is 2.54. The molecule has 2 unspecified atom stereocenters. The average molecular weight is 302 g/mol. The number of benzene rings is 1. The fourth-order valence-electron chi connectivity index (χ4n) is 2.24. The molecule has 0 aromatic heterocycles. The van der Waals surface area contributed by atoms with Gasteiger partial charge in [0.15, 0.2) is 0 Å². The van der Waals surface area contributed by atoms with Gasteiger partial charge in [0.1, 0.15) is 0 Å². The molecule has 0 amide bonds. The predicted octanol–water partition coefficient (Wildman–Crippen LogP) is 5.86. The summed E-state index contributed by atoms with van der Waals surface area (Å²) in [5.74, 6) is 0.750. The number of halogens is 2. The van der Waals surface area contributed by atoms with Crippen LogP contribution in [0.25, 0.3) is 0 Å². The van der Waals surface area contributed by atoms with E-state index in [1.807, 2.05) is 18.2 Å². The Morgan fingerprint density at radius 3 is 2.58 bits per heavy atom. The average Bonchev–Trinajstić information content (AvgIpc) is 2.41. The van der Waals surface area contributed by atoms with Gasteiger partial charge in [0.05, 0.1) is 0 Å². The largest absolute Gasteiger partial charge is 0.310 e. The monoisotopic (exact) mass is 301 g/mol. The van der Waals surface area contributed by atoms with Crippen LogP contribution >= 0.6 is 23.2 Å². The summed E-state index contributed by atoms with van der Waals surface area (Å²) in [6, 6.07) is 5.89. The Hall–Kier alpha value is -0.240. The molecule has 0 aliphatic heterocycles. The lowest BCUT2D eigenvalue weighted by molar-refractivity contribution is 0.398. The molecule has 0 saturated heterocycles. The molecule has 1 N–H and O–H groups in total. The van der Waals surface area contributed by atoms with Crippen molar-refractivity contribution in [2.75, 3.05) is 6.54 Å². The zero-order valence-electron chi connectivity index (χ0n) is 12.2. The van der Waals surface area contributed by atoms with E-state index in [2.05, 4.69) is 26.1 Å². The first kappa shape index (κ1) is 16.8. The van der Waals surface area contributed by atoms with Crippen LogP contribution in [0.4, 0.5) is 0 Å². The summed E-state index contributed by atoms with van der Waals surface area (Å²) >= 11 is 12.3. The van der Waals surface area contributed by atoms with Gasteiger partial charge in [-0.05, 0) is 49.6 Å². The van der Waals surface area contributed by atoms with E-state index in [1.54, 1.807) is 0 Å². The van der Waals surface area contributed by atoms with Crippen molar-refractivity contribution >= 4 is 23.2 Å². The van der Waals surface area contributed by atoms with Crippen LogP contribution in [0, 0.1) is 5.92 Å². The Kier molecular flexibility index (Phi) is 7.82. The summed E-state index contributed by atoms with van der Waals surface area (Å²) in [5, 5.41) is 5.11. The third-order valence-electron chi connectivity index (χ3n) is 3.68. The van der Waals surface area contributed by atoms with Crippen LogP contribution in [0.15, 0.2) is 18.2 Å². The van der Waals surface area contributed by atoms with Gasteiger partial charge in [0.25, 0.3) is 0 Å². The first-order chi connectivity index (χ1) is 9.08. The third-order valence-corrected chi connectivity index (χ3v) is 4.26. The molecule has 108 valence electrons. The quantitative estimate of drug-likeness (QED) is 0.634. The maximum absolute atomic E-state index is 6.23. The molecule has 0 heterocycles. The van der Waals surface area contributed by atoms with Gasteiger partial charge in [-0.15, -0.1) is 0 Å². The van der Waals surface area contributed by atoms with Crippen molar-refractivity contribution in [3.63, 3.8) is 0 Å². The van der Waals surface area contributed by atoms with Crippen LogP contribution in [0.1, 0.15) is 58.1 Å². The molecule has 3 heteroatoms. The van der Waals surface area contributed by atoms with Crippen molar-refractivity contribution in [3.05, 3.63) is 33.8 Å². The topological polar surface area (TPSA) is 12.0 Å². The lowest BCUT2D eigenvalue weighted by Crippen LogP contribution is -2.25. The normalized spacial score (nSPS) is 14.4. The van der Waals surface area contributed by atoms with Crippen LogP contribution in [0.2, 0.25) is 10.0 Å². The second kappa shape index (κ2) is 8.84. The van der Waals surface area contributed by atoms with Crippen LogP contribution in [0.5, 0.6) is 0 Å². The SMILES string of the molecule is CCCCC(CC)CNC(C)c1cc(Cl)ccc1Cl. The molecule has 0 aliphatic rings. The molecule has 1 nitrogen and oxygen atoms in total. The van der Waals surface area contributed by atoms with Crippen molar-refractivity contribution in [2.24, 2.45) is 5.92 Å². The number of unbranched alkanes of at least 4 members (excludes halogenated alkanes) is 1. The van der Waals surface area contributed by atoms with E-state index >= 15 is 0 Å². The smallest absolute Gasteiger partial charge is 0.0454 e. The number of rotatable bonds is 8. The first-order valence-electron chi connectivity index (χ1n) is 7.26. The van der Waals surface area contributed by atoms with Crippen molar-refractivity contribution in [3.8, 4) is 0 Å². The molecule has 0 bridgehead atoms. The van der Waals surface area contributed by atoms with E-state index in [9.17, 15) is 0 Å². The summed E-state index contributed by atoms with van der Waals surface area (Å²) in [6.07, 6.45) is 5.11. The summed E-state index contributed by atoms with van der Waals surface area (Å²) in [7, 11) is 0. The highest BCUT2D eigenvalue weighted by atomic mass is 35.5. The molecule has 0 aliphatic carbocycles. The number of nitrogens with one attached hydrogen (secondary N) is 1. The summed E-state index contributed by atoms with van der Waals surface area (Å²) in [5.41, 5.74) is 1.08. The van der Waals surface area contributed by atoms with Crippen LogP contribution in [-0.4, -0.2) is 6.54 Å². The minimum Gasteiger partial charge on any atom is -0.310 e. The molecular formula is C16H25Cl2N. The van der Waals surface area contributed by atoms with Crippen molar-refractivity contribution < 1.29 is 0 Å². The fourth-order valence-corrected chi connectivity index (χ4v) is 2.70. The van der Waals surface area contributed by atoms with E-state index in [1.165, 1.54) is 25.7 Å². The zero-order valence-corrected chi connectivity index (χ0v) is 13.7. The molecule has 19 heavy (non-hydrogen) atoms.